The van der Waals surface area contributed by atoms with Gasteiger partial charge in [-0.3, -0.25) is 0 Å². The Labute approximate surface area is 131 Å². The SMILES string of the molecule is Oc1ccc(F)cc1.Oc1ccc(F)cc1.[CH3-].[CH3-].[Zr+2]. The van der Waals surface area contributed by atoms with Gasteiger partial charge in [0.25, 0.3) is 0 Å². The molecule has 0 radical (unpaired) electrons. The average Bonchev–Trinajstić information content (AvgIpc) is 2.28. The molecule has 0 aromatic heterocycles. The van der Waals surface area contributed by atoms with E-state index in [4.69, 9.17) is 10.2 Å². The van der Waals surface area contributed by atoms with E-state index in [-0.39, 0.29) is 64.2 Å². The maximum absolute atomic E-state index is 12.0. The Morgan fingerprint density at radius 2 is 0.789 bits per heavy atom. The molecule has 0 heterocycles. The van der Waals surface area contributed by atoms with Gasteiger partial charge < -0.3 is 25.1 Å². The van der Waals surface area contributed by atoms with Crippen LogP contribution in [0.15, 0.2) is 48.5 Å². The molecule has 0 bridgehead atoms. The van der Waals surface area contributed by atoms with Crippen molar-refractivity contribution >= 4 is 0 Å². The van der Waals surface area contributed by atoms with E-state index >= 15 is 0 Å². The summed E-state index contributed by atoms with van der Waals surface area (Å²) in [6.07, 6.45) is 0. The summed E-state index contributed by atoms with van der Waals surface area (Å²) in [5.74, 6) is -0.483. The number of benzene rings is 2. The Hall–Kier alpha value is -1.22. The third-order valence-electron chi connectivity index (χ3n) is 1.65. The van der Waals surface area contributed by atoms with E-state index in [0.29, 0.717) is 0 Å². The molecule has 0 unspecified atom stereocenters. The van der Waals surface area contributed by atoms with Crippen molar-refractivity contribution in [3.05, 3.63) is 75.0 Å². The van der Waals surface area contributed by atoms with Crippen LogP contribution in [0.2, 0.25) is 0 Å². The summed E-state index contributed by atoms with van der Waals surface area (Å²) in [6.45, 7) is 0. The summed E-state index contributed by atoms with van der Waals surface area (Å²) in [5, 5.41) is 17.2. The number of phenols is 2. The summed E-state index contributed by atoms with van der Waals surface area (Å²) in [6, 6.07) is 10.0. The van der Waals surface area contributed by atoms with Gasteiger partial charge in [0.05, 0.1) is 0 Å². The van der Waals surface area contributed by atoms with E-state index in [1.807, 2.05) is 0 Å². The zero-order valence-corrected chi connectivity index (χ0v) is 13.2. The molecule has 2 nitrogen and oxygen atoms in total. The fourth-order valence-corrected chi connectivity index (χ4v) is 0.882. The molecule has 0 amide bonds. The molecule has 2 aromatic carbocycles. The average molecular weight is 346 g/mol. The van der Waals surface area contributed by atoms with E-state index in [2.05, 4.69) is 0 Å². The molecule has 2 rings (SSSR count). The zero-order valence-electron chi connectivity index (χ0n) is 10.8. The summed E-state index contributed by atoms with van der Waals surface area (Å²) >= 11 is 0. The fourth-order valence-electron chi connectivity index (χ4n) is 0.882. The van der Waals surface area contributed by atoms with Gasteiger partial charge in [-0.1, -0.05) is 0 Å². The third-order valence-corrected chi connectivity index (χ3v) is 1.65. The zero-order chi connectivity index (χ0) is 12.0. The van der Waals surface area contributed by atoms with Crippen molar-refractivity contribution in [1.82, 2.24) is 0 Å². The molecule has 2 N–H and O–H groups in total. The number of halogens is 2. The largest absolute Gasteiger partial charge is 2.00 e. The molecule has 5 heteroatoms. The van der Waals surface area contributed by atoms with Crippen molar-refractivity contribution in [2.24, 2.45) is 0 Å². The molecular weight excluding hydrogens is 329 g/mol. The summed E-state index contributed by atoms with van der Waals surface area (Å²) in [4.78, 5) is 0. The first-order valence-electron chi connectivity index (χ1n) is 4.47. The minimum atomic E-state index is -0.331. The van der Waals surface area contributed by atoms with Crippen LogP contribution in [0, 0.1) is 26.5 Å². The van der Waals surface area contributed by atoms with Crippen LogP contribution in [0.1, 0.15) is 0 Å². The number of hydrogen-bond acceptors (Lipinski definition) is 2. The van der Waals surface area contributed by atoms with Crippen LogP contribution in [-0.4, -0.2) is 10.2 Å². The van der Waals surface area contributed by atoms with Crippen molar-refractivity contribution in [2.45, 2.75) is 0 Å². The van der Waals surface area contributed by atoms with Crippen LogP contribution >= 0.6 is 0 Å². The first-order chi connectivity index (χ1) is 7.58. The molecule has 0 aliphatic heterocycles. The molecular formula is C14H16F2O2Zr. The molecule has 102 valence electrons. The first kappa shape index (κ1) is 22.9. The number of hydrogen-bond donors (Lipinski definition) is 2. The smallest absolute Gasteiger partial charge is 0.508 e. The van der Waals surface area contributed by atoms with E-state index in [1.165, 1.54) is 48.5 Å². The van der Waals surface area contributed by atoms with Gasteiger partial charge in [-0.15, -0.1) is 0 Å². The summed E-state index contributed by atoms with van der Waals surface area (Å²) in [7, 11) is 0. The van der Waals surface area contributed by atoms with Crippen LogP contribution in [-0.2, 0) is 26.2 Å². The van der Waals surface area contributed by atoms with Gasteiger partial charge in [0.15, 0.2) is 0 Å². The maximum atomic E-state index is 12.0. The molecule has 0 atom stereocenters. The van der Waals surface area contributed by atoms with Crippen LogP contribution in [0.4, 0.5) is 8.78 Å². The second kappa shape index (κ2) is 11.9. The topological polar surface area (TPSA) is 40.5 Å². The third kappa shape index (κ3) is 10.4. The van der Waals surface area contributed by atoms with Gasteiger partial charge in [-0.25, -0.2) is 8.78 Å². The van der Waals surface area contributed by atoms with E-state index in [0.717, 1.165) is 0 Å². The van der Waals surface area contributed by atoms with Gasteiger partial charge in [0.1, 0.15) is 23.1 Å². The van der Waals surface area contributed by atoms with Gasteiger partial charge in [-0.2, -0.15) is 0 Å². The second-order valence-corrected chi connectivity index (χ2v) is 2.95. The number of aromatic hydroxyl groups is 2. The van der Waals surface area contributed by atoms with Crippen LogP contribution in [0.25, 0.3) is 0 Å². The fraction of sp³-hybridized carbons (Fsp3) is 0. The number of phenolic OH excluding ortho intramolecular Hbond substituents is 2. The molecule has 0 saturated carbocycles. The molecule has 0 aliphatic carbocycles. The maximum Gasteiger partial charge on any atom is 2.00 e. The summed E-state index contributed by atoms with van der Waals surface area (Å²) in [5.41, 5.74) is 0. The predicted octanol–water partition coefficient (Wildman–Crippen LogP) is 3.96. The van der Waals surface area contributed by atoms with Crippen molar-refractivity contribution in [1.29, 1.82) is 0 Å². The van der Waals surface area contributed by atoms with Crippen LogP contribution < -0.4 is 0 Å². The standard InChI is InChI=1S/2C6H5FO.2CH3.Zr/c2*7-5-1-3-6(8)4-2-5;;;/h2*1-4,8H;2*1H3;/q;;2*-1;+2. The second-order valence-electron chi connectivity index (χ2n) is 2.95. The Morgan fingerprint density at radius 3 is 0.947 bits per heavy atom. The van der Waals surface area contributed by atoms with Crippen LogP contribution in [0.3, 0.4) is 0 Å². The quantitative estimate of drug-likeness (QED) is 0.710. The summed E-state index contributed by atoms with van der Waals surface area (Å²) < 4.78 is 24.0. The van der Waals surface area contributed by atoms with Crippen molar-refractivity contribution in [3.63, 3.8) is 0 Å². The molecule has 2 aromatic rings. The normalized spacial score (nSPS) is 7.68. The van der Waals surface area contributed by atoms with Crippen molar-refractivity contribution in [3.8, 4) is 11.5 Å². The Bertz CT molecular complexity index is 345. The molecule has 19 heavy (non-hydrogen) atoms. The predicted molar refractivity (Wildman–Crippen MR) is 69.0 cm³/mol. The van der Waals surface area contributed by atoms with Gasteiger partial charge in [0, 0.05) is 0 Å². The van der Waals surface area contributed by atoms with Gasteiger partial charge in [0.2, 0.25) is 0 Å². The monoisotopic (exact) mass is 344 g/mol. The van der Waals surface area contributed by atoms with Crippen molar-refractivity contribution in [2.75, 3.05) is 0 Å². The van der Waals surface area contributed by atoms with Crippen LogP contribution in [0.5, 0.6) is 11.5 Å². The minimum absolute atomic E-state index is 0. The molecule has 0 spiro atoms. The molecule has 0 aliphatic rings. The molecule has 0 saturated heterocycles. The van der Waals surface area contributed by atoms with E-state index in [9.17, 15) is 8.78 Å². The first-order valence-corrected chi connectivity index (χ1v) is 4.47. The van der Waals surface area contributed by atoms with Gasteiger partial charge >= 0.3 is 26.2 Å². The number of rotatable bonds is 0. The Kier molecular flexibility index (Phi) is 14.3. The molecule has 0 fully saturated rings. The van der Waals surface area contributed by atoms with E-state index < -0.39 is 0 Å². The van der Waals surface area contributed by atoms with Crippen molar-refractivity contribution < 1.29 is 45.2 Å². The Morgan fingerprint density at radius 1 is 0.579 bits per heavy atom. The van der Waals surface area contributed by atoms with E-state index in [1.54, 1.807) is 0 Å². The Balaban J connectivity index is -0.000000233. The van der Waals surface area contributed by atoms with Gasteiger partial charge in [-0.05, 0) is 48.5 Å². The minimum Gasteiger partial charge on any atom is -0.508 e.